The Balaban J connectivity index is 5.70. The molecule has 0 aliphatic heterocycles. The molecular formula is C30H56N8O8S. The van der Waals surface area contributed by atoms with Gasteiger partial charge in [-0.3, -0.25) is 28.8 Å². The number of primary amides is 1. The van der Waals surface area contributed by atoms with Crippen LogP contribution in [0.2, 0.25) is 0 Å². The van der Waals surface area contributed by atoms with E-state index in [9.17, 15) is 38.7 Å². The van der Waals surface area contributed by atoms with Gasteiger partial charge in [0.1, 0.15) is 30.2 Å². The predicted octanol–water partition coefficient (Wildman–Crippen LogP) is -1.31. The quantitative estimate of drug-likeness (QED) is 0.0537. The molecule has 47 heavy (non-hydrogen) atoms. The molecular weight excluding hydrogens is 632 g/mol. The van der Waals surface area contributed by atoms with Crippen LogP contribution in [-0.2, 0) is 33.6 Å². The van der Waals surface area contributed by atoms with Crippen molar-refractivity contribution in [1.29, 1.82) is 0 Å². The van der Waals surface area contributed by atoms with Crippen molar-refractivity contribution in [3.05, 3.63) is 0 Å². The van der Waals surface area contributed by atoms with Crippen molar-refractivity contribution in [3.63, 3.8) is 0 Å². The van der Waals surface area contributed by atoms with Crippen LogP contribution in [0.1, 0.15) is 79.6 Å². The van der Waals surface area contributed by atoms with E-state index < -0.39 is 83.6 Å². The summed E-state index contributed by atoms with van der Waals surface area (Å²) in [5.41, 5.74) is 16.6. The van der Waals surface area contributed by atoms with Gasteiger partial charge in [-0.15, -0.1) is 0 Å². The Morgan fingerprint density at radius 1 is 0.702 bits per heavy atom. The molecule has 0 heterocycles. The fourth-order valence-corrected chi connectivity index (χ4v) is 4.86. The molecule has 0 unspecified atom stereocenters. The van der Waals surface area contributed by atoms with Crippen molar-refractivity contribution in [2.45, 2.75) is 116 Å². The zero-order valence-electron chi connectivity index (χ0n) is 28.4. The second kappa shape index (κ2) is 23.0. The fraction of sp³-hybridized carbons (Fsp3) is 0.767. The summed E-state index contributed by atoms with van der Waals surface area (Å²) in [7, 11) is 0. The number of rotatable bonds is 24. The summed E-state index contributed by atoms with van der Waals surface area (Å²) >= 11 is 1.44. The van der Waals surface area contributed by atoms with Crippen LogP contribution in [0.25, 0.3) is 0 Å². The molecule has 6 atom stereocenters. The molecule has 0 saturated heterocycles. The van der Waals surface area contributed by atoms with Gasteiger partial charge < -0.3 is 48.9 Å². The van der Waals surface area contributed by atoms with Crippen molar-refractivity contribution >= 4 is 53.2 Å². The van der Waals surface area contributed by atoms with Gasteiger partial charge in [-0.1, -0.05) is 27.7 Å². The average Bonchev–Trinajstić information content (AvgIpc) is 2.98. The summed E-state index contributed by atoms with van der Waals surface area (Å²) in [6.07, 6.45) is 3.38. The molecule has 0 aromatic carbocycles. The molecule has 0 aromatic rings. The molecule has 0 saturated carbocycles. The zero-order chi connectivity index (χ0) is 36.3. The lowest BCUT2D eigenvalue weighted by atomic mass is 10.0. The molecule has 0 fully saturated rings. The van der Waals surface area contributed by atoms with Gasteiger partial charge in [0, 0.05) is 6.42 Å². The Kier molecular flexibility index (Phi) is 21.3. The lowest BCUT2D eigenvalue weighted by Gasteiger charge is -2.27. The average molecular weight is 689 g/mol. The van der Waals surface area contributed by atoms with E-state index in [0.717, 1.165) is 0 Å². The summed E-state index contributed by atoms with van der Waals surface area (Å²) < 4.78 is 0. The standard InChI is InChI=1S/C30H56N8O8S/c1-16(2)15-22(37-26(41)19(32)10-11-23(33)39)28(43)35-20(9-7-8-13-31)27(42)34-18(5)25(40)38-24(17(3)4)29(44)36-21(30(45)46)12-14-47-6/h16-22,24H,7-15,31-32H2,1-6H3,(H2,33,39)(H,34,42)(H,35,43)(H,36,44)(H,37,41)(H,38,40)(H,45,46)/t18-,19-,20-,21-,22-,24-/m0/s1. The van der Waals surface area contributed by atoms with Crippen LogP contribution < -0.4 is 43.8 Å². The number of unbranched alkanes of at least 4 members (excludes halogenated alkanes) is 1. The summed E-state index contributed by atoms with van der Waals surface area (Å²) in [6, 6.07) is -6.53. The highest BCUT2D eigenvalue weighted by molar-refractivity contribution is 7.98. The first-order valence-electron chi connectivity index (χ1n) is 15.9. The third-order valence-corrected chi connectivity index (χ3v) is 7.83. The number of aliphatic carboxylic acids is 1. The fourth-order valence-electron chi connectivity index (χ4n) is 4.39. The largest absolute Gasteiger partial charge is 0.480 e. The predicted molar refractivity (Wildman–Crippen MR) is 180 cm³/mol. The van der Waals surface area contributed by atoms with Gasteiger partial charge in [-0.25, -0.2) is 4.79 Å². The summed E-state index contributed by atoms with van der Waals surface area (Å²) in [4.78, 5) is 88.1. The second-order valence-corrected chi connectivity index (χ2v) is 13.3. The maximum atomic E-state index is 13.4. The first kappa shape index (κ1) is 43.6. The highest BCUT2D eigenvalue weighted by Crippen LogP contribution is 2.10. The van der Waals surface area contributed by atoms with Crippen LogP contribution in [0.5, 0.6) is 0 Å². The van der Waals surface area contributed by atoms with Gasteiger partial charge in [0.2, 0.25) is 35.4 Å². The Labute approximate surface area is 281 Å². The number of amides is 6. The van der Waals surface area contributed by atoms with Crippen LogP contribution >= 0.6 is 11.8 Å². The number of carbonyl (C=O) groups excluding carboxylic acids is 6. The highest BCUT2D eigenvalue weighted by Gasteiger charge is 2.32. The minimum Gasteiger partial charge on any atom is -0.480 e. The van der Waals surface area contributed by atoms with Gasteiger partial charge in [-0.05, 0) is 75.8 Å². The van der Waals surface area contributed by atoms with E-state index in [1.807, 2.05) is 20.1 Å². The molecule has 0 spiro atoms. The van der Waals surface area contributed by atoms with E-state index in [4.69, 9.17) is 17.2 Å². The van der Waals surface area contributed by atoms with E-state index in [-0.39, 0.29) is 38.0 Å². The number of hydrogen-bond acceptors (Lipinski definition) is 10. The van der Waals surface area contributed by atoms with Crippen LogP contribution in [0.3, 0.4) is 0 Å². The Hall–Kier alpha value is -3.44. The molecule has 12 N–H and O–H groups in total. The second-order valence-electron chi connectivity index (χ2n) is 12.3. The number of carboxylic acid groups (broad SMARTS) is 1. The third kappa shape index (κ3) is 17.9. The SMILES string of the molecule is CSCC[C@H](NC(=O)[C@@H](NC(=O)[C@H](C)NC(=O)[C@H](CCCCN)NC(=O)[C@H](CC(C)C)NC(=O)[C@@H](N)CCC(N)=O)C(C)C)C(=O)O. The summed E-state index contributed by atoms with van der Waals surface area (Å²) in [5.74, 6) is -5.03. The normalized spacial score (nSPS) is 15.0. The molecule has 0 bridgehead atoms. The minimum atomic E-state index is -1.19. The smallest absolute Gasteiger partial charge is 0.326 e. The molecule has 0 aliphatic rings. The summed E-state index contributed by atoms with van der Waals surface area (Å²) in [6.45, 7) is 8.84. The van der Waals surface area contributed by atoms with E-state index in [1.54, 1.807) is 13.8 Å². The summed E-state index contributed by atoms with van der Waals surface area (Å²) in [5, 5.41) is 22.4. The van der Waals surface area contributed by atoms with Gasteiger partial charge in [0.15, 0.2) is 0 Å². The molecule has 16 nitrogen and oxygen atoms in total. The van der Waals surface area contributed by atoms with Crippen LogP contribution in [0.4, 0.5) is 0 Å². The topological polar surface area (TPSA) is 278 Å². The first-order valence-corrected chi connectivity index (χ1v) is 17.3. The van der Waals surface area contributed by atoms with Crippen LogP contribution in [0.15, 0.2) is 0 Å². The van der Waals surface area contributed by atoms with Crippen molar-refractivity contribution in [2.75, 3.05) is 18.6 Å². The lowest BCUT2D eigenvalue weighted by Crippen LogP contribution is -2.59. The van der Waals surface area contributed by atoms with Gasteiger partial charge in [0.05, 0.1) is 6.04 Å². The van der Waals surface area contributed by atoms with Crippen molar-refractivity contribution in [1.82, 2.24) is 26.6 Å². The van der Waals surface area contributed by atoms with E-state index >= 15 is 0 Å². The molecule has 6 amide bonds. The van der Waals surface area contributed by atoms with E-state index in [1.165, 1.54) is 18.7 Å². The minimum absolute atomic E-state index is 0.00125. The van der Waals surface area contributed by atoms with Crippen LogP contribution in [0, 0.1) is 11.8 Å². The maximum Gasteiger partial charge on any atom is 0.326 e. The Bertz CT molecular complexity index is 1060. The molecule has 17 heteroatoms. The number of hydrogen-bond donors (Lipinski definition) is 9. The number of thioether (sulfide) groups is 1. The van der Waals surface area contributed by atoms with Gasteiger partial charge in [-0.2, -0.15) is 11.8 Å². The third-order valence-electron chi connectivity index (χ3n) is 7.18. The van der Waals surface area contributed by atoms with E-state index in [0.29, 0.717) is 25.1 Å². The number of nitrogens with two attached hydrogens (primary N) is 3. The molecule has 0 aromatic heterocycles. The van der Waals surface area contributed by atoms with Crippen molar-refractivity contribution in [2.24, 2.45) is 29.0 Å². The number of carboxylic acids is 1. The number of carbonyl (C=O) groups is 7. The zero-order valence-corrected chi connectivity index (χ0v) is 29.2. The highest BCUT2D eigenvalue weighted by atomic mass is 32.2. The monoisotopic (exact) mass is 688 g/mol. The van der Waals surface area contributed by atoms with Gasteiger partial charge in [0.25, 0.3) is 0 Å². The molecule has 0 radical (unpaired) electrons. The Morgan fingerprint density at radius 2 is 1.28 bits per heavy atom. The van der Waals surface area contributed by atoms with E-state index in [2.05, 4.69) is 26.6 Å². The van der Waals surface area contributed by atoms with Crippen LogP contribution in [-0.4, -0.2) is 101 Å². The van der Waals surface area contributed by atoms with Crippen molar-refractivity contribution < 1.29 is 38.7 Å². The van der Waals surface area contributed by atoms with Gasteiger partial charge >= 0.3 is 5.97 Å². The molecule has 0 rings (SSSR count). The number of nitrogens with one attached hydrogen (secondary N) is 5. The maximum absolute atomic E-state index is 13.4. The first-order chi connectivity index (χ1) is 21.9. The molecule has 0 aliphatic carbocycles. The lowest BCUT2D eigenvalue weighted by molar-refractivity contribution is -0.142. The van der Waals surface area contributed by atoms with Crippen molar-refractivity contribution in [3.8, 4) is 0 Å². The Morgan fingerprint density at radius 3 is 1.79 bits per heavy atom. The molecule has 270 valence electrons.